The van der Waals surface area contributed by atoms with Gasteiger partial charge in [-0.2, -0.15) is 0 Å². The number of rotatable bonds is 3. The van der Waals surface area contributed by atoms with Crippen LogP contribution in [-0.2, 0) is 4.84 Å². The number of nitrogens with zero attached hydrogens (tertiary/aromatic N) is 1. The van der Waals surface area contributed by atoms with E-state index in [-0.39, 0.29) is 0 Å². The third-order valence-corrected chi connectivity index (χ3v) is 4.80. The fourth-order valence-electron chi connectivity index (χ4n) is 2.88. The molecule has 0 saturated heterocycles. The molecule has 3 aromatic rings. The van der Waals surface area contributed by atoms with E-state index in [1.807, 2.05) is 0 Å². The van der Waals surface area contributed by atoms with Crippen molar-refractivity contribution in [2.24, 2.45) is 0 Å². The Hall–Kier alpha value is -4.78. The number of amides is 2. The van der Waals surface area contributed by atoms with Crippen LogP contribution in [0.4, 0.5) is 65.9 Å². The molecule has 218 valence electrons. The van der Waals surface area contributed by atoms with Crippen molar-refractivity contribution in [3.05, 3.63) is 104 Å². The van der Waals surface area contributed by atoms with E-state index in [1.54, 1.807) is 0 Å². The molecule has 0 unspecified atom stereocenters. The highest BCUT2D eigenvalue weighted by molar-refractivity contribution is 6.11. The summed E-state index contributed by atoms with van der Waals surface area (Å²) in [6.45, 7) is 0. The summed E-state index contributed by atoms with van der Waals surface area (Å²) in [4.78, 5) is 41.0. The van der Waals surface area contributed by atoms with Gasteiger partial charge in [-0.1, -0.05) is 5.06 Å². The van der Waals surface area contributed by atoms with Gasteiger partial charge in [-0.15, -0.1) is 0 Å². The Labute approximate surface area is 212 Å². The lowest BCUT2D eigenvalue weighted by Crippen LogP contribution is -2.41. The Kier molecular flexibility index (Phi) is 7.99. The maximum Gasteiger partial charge on any atom is 0.370 e. The van der Waals surface area contributed by atoms with Crippen molar-refractivity contribution < 1.29 is 85.1 Å². The zero-order valence-electron chi connectivity index (χ0n) is 18.2. The first-order valence-electron chi connectivity index (χ1n) is 9.53. The predicted molar refractivity (Wildman–Crippen MR) is 94.6 cm³/mol. The SMILES string of the molecule is O=C(ON(C(=O)c1c(F)c(F)c(F)c(F)c1F)C(=O)c1c(F)c(F)c(F)c(F)c1F)c1c(F)c(F)c(F)c(F)c1F. The van der Waals surface area contributed by atoms with Gasteiger partial charge in [-0.3, -0.25) is 9.59 Å². The average Bonchev–Trinajstić information content (AvgIpc) is 2.93. The fraction of sp³-hybridized carbons (Fsp3) is 0. The highest BCUT2D eigenvalue weighted by Crippen LogP contribution is 2.29. The van der Waals surface area contributed by atoms with Gasteiger partial charge < -0.3 is 4.84 Å². The molecule has 0 bridgehead atoms. The van der Waals surface area contributed by atoms with Crippen LogP contribution in [0.1, 0.15) is 31.1 Å². The number of halogens is 15. The van der Waals surface area contributed by atoms with Crippen molar-refractivity contribution in [1.82, 2.24) is 5.06 Å². The second kappa shape index (κ2) is 10.7. The third kappa shape index (κ3) is 4.67. The van der Waals surface area contributed by atoms with Crippen molar-refractivity contribution in [2.75, 3.05) is 0 Å². The molecule has 0 saturated carbocycles. The van der Waals surface area contributed by atoms with Crippen LogP contribution in [0.3, 0.4) is 0 Å². The molecule has 0 radical (unpaired) electrons. The van der Waals surface area contributed by atoms with E-state index in [9.17, 15) is 80.2 Å². The summed E-state index contributed by atoms with van der Waals surface area (Å²) >= 11 is 0. The summed E-state index contributed by atoms with van der Waals surface area (Å²) < 4.78 is 206. The number of carbonyl (C=O) groups is 3. The molecule has 0 spiro atoms. The van der Waals surface area contributed by atoms with Crippen molar-refractivity contribution in [1.29, 1.82) is 0 Å². The van der Waals surface area contributed by atoms with Gasteiger partial charge in [-0.25, -0.2) is 70.7 Å². The van der Waals surface area contributed by atoms with Crippen LogP contribution < -0.4 is 0 Å². The Morgan fingerprint density at radius 3 is 0.780 bits per heavy atom. The van der Waals surface area contributed by atoms with Gasteiger partial charge in [-0.05, 0) is 0 Å². The van der Waals surface area contributed by atoms with Gasteiger partial charge in [0.15, 0.2) is 69.8 Å². The topological polar surface area (TPSA) is 63.7 Å². The molecular weight excluding hydrogens is 615 g/mol. The number of benzene rings is 3. The summed E-state index contributed by atoms with van der Waals surface area (Å²) in [5.41, 5.74) is -8.42. The van der Waals surface area contributed by atoms with Crippen molar-refractivity contribution in [3.63, 3.8) is 0 Å². The van der Waals surface area contributed by atoms with Gasteiger partial charge in [0.25, 0.3) is 0 Å². The predicted octanol–water partition coefficient (Wildman–Crippen LogP) is 5.83. The van der Waals surface area contributed by atoms with Crippen LogP contribution in [0.5, 0.6) is 0 Å². The summed E-state index contributed by atoms with van der Waals surface area (Å²) in [7, 11) is 0. The minimum Gasteiger partial charge on any atom is -0.324 e. The Morgan fingerprint density at radius 1 is 0.341 bits per heavy atom. The van der Waals surface area contributed by atoms with Crippen LogP contribution in [0, 0.1) is 87.3 Å². The smallest absolute Gasteiger partial charge is 0.324 e. The number of hydroxylamine groups is 2. The molecule has 20 heteroatoms. The molecule has 3 rings (SSSR count). The minimum absolute atomic E-state index is 1.84. The Morgan fingerprint density at radius 2 is 0.537 bits per heavy atom. The monoisotopic (exact) mass is 615 g/mol. The highest BCUT2D eigenvalue weighted by Gasteiger charge is 2.42. The zero-order chi connectivity index (χ0) is 31.4. The van der Waals surface area contributed by atoms with Crippen LogP contribution in [0.15, 0.2) is 0 Å². The van der Waals surface area contributed by atoms with E-state index in [4.69, 9.17) is 0 Å². The number of carbonyl (C=O) groups excluding carboxylic acids is 3. The van der Waals surface area contributed by atoms with E-state index >= 15 is 0 Å². The lowest BCUT2D eigenvalue weighted by Gasteiger charge is -2.21. The van der Waals surface area contributed by atoms with Gasteiger partial charge in [0.2, 0.25) is 17.5 Å². The lowest BCUT2D eigenvalue weighted by molar-refractivity contribution is -0.0632. The summed E-state index contributed by atoms with van der Waals surface area (Å²) in [5, 5.41) is -1.84. The third-order valence-electron chi connectivity index (χ3n) is 4.80. The maximum absolute atomic E-state index is 14.2. The molecule has 0 atom stereocenters. The highest BCUT2D eigenvalue weighted by atomic mass is 19.2. The first kappa shape index (κ1) is 30.8. The summed E-state index contributed by atoms with van der Waals surface area (Å²) in [6.07, 6.45) is 0. The molecule has 0 aliphatic heterocycles. The normalized spacial score (nSPS) is 11.1. The molecule has 5 nitrogen and oxygen atoms in total. The zero-order valence-corrected chi connectivity index (χ0v) is 18.2. The van der Waals surface area contributed by atoms with E-state index in [0.717, 1.165) is 0 Å². The van der Waals surface area contributed by atoms with Crippen LogP contribution in [-0.4, -0.2) is 22.8 Å². The van der Waals surface area contributed by atoms with Crippen molar-refractivity contribution >= 4 is 17.8 Å². The summed E-state index contributed by atoms with van der Waals surface area (Å²) in [5.74, 6) is -55.0. The van der Waals surface area contributed by atoms with E-state index in [0.29, 0.717) is 0 Å². The standard InChI is InChI=1S/C21F15NO4/c22-4-1(5(23)11(29)16(34)10(4)28)19(38)37(20(39)2-6(24)12(30)17(35)13(31)7(2)25)41-21(40)3-8(26)14(32)18(36)15(33)9(3)27. The largest absolute Gasteiger partial charge is 0.370 e. The minimum atomic E-state index is -3.22. The average molecular weight is 615 g/mol. The van der Waals surface area contributed by atoms with Crippen LogP contribution >= 0.6 is 0 Å². The lowest BCUT2D eigenvalue weighted by atomic mass is 10.1. The molecule has 0 heterocycles. The van der Waals surface area contributed by atoms with Crippen LogP contribution in [0.25, 0.3) is 0 Å². The maximum atomic E-state index is 14.2. The molecule has 0 aliphatic rings. The van der Waals surface area contributed by atoms with E-state index in [2.05, 4.69) is 4.84 Å². The van der Waals surface area contributed by atoms with Gasteiger partial charge in [0.05, 0.1) is 0 Å². The van der Waals surface area contributed by atoms with Gasteiger partial charge in [0.1, 0.15) is 16.7 Å². The molecule has 0 aliphatic carbocycles. The number of hydrogen-bond donors (Lipinski definition) is 0. The molecule has 0 N–H and O–H groups in total. The Balaban J connectivity index is 2.33. The molecule has 0 aromatic heterocycles. The van der Waals surface area contributed by atoms with Crippen molar-refractivity contribution in [2.45, 2.75) is 0 Å². The number of imide groups is 1. The summed E-state index contributed by atoms with van der Waals surface area (Å²) in [6, 6.07) is 0. The van der Waals surface area contributed by atoms with E-state index in [1.165, 1.54) is 0 Å². The molecule has 3 aromatic carbocycles. The van der Waals surface area contributed by atoms with E-state index < -0.39 is 127 Å². The molecule has 2 amide bonds. The molecule has 0 fully saturated rings. The second-order valence-electron chi connectivity index (χ2n) is 7.12. The van der Waals surface area contributed by atoms with Gasteiger partial charge in [0, 0.05) is 0 Å². The number of hydrogen-bond acceptors (Lipinski definition) is 4. The van der Waals surface area contributed by atoms with Crippen LogP contribution in [0.2, 0.25) is 0 Å². The first-order valence-corrected chi connectivity index (χ1v) is 9.53. The second-order valence-corrected chi connectivity index (χ2v) is 7.12. The van der Waals surface area contributed by atoms with Crippen molar-refractivity contribution in [3.8, 4) is 0 Å². The molecule has 41 heavy (non-hydrogen) atoms. The first-order chi connectivity index (χ1) is 18.9. The molecular formula is C21F15NO4. The fourth-order valence-corrected chi connectivity index (χ4v) is 2.88. The quantitative estimate of drug-likeness (QED) is 0.122. The van der Waals surface area contributed by atoms with Gasteiger partial charge >= 0.3 is 17.8 Å². The Bertz CT molecular complexity index is 1520.